The lowest BCUT2D eigenvalue weighted by Crippen LogP contribution is -2.09. The second-order valence-corrected chi connectivity index (χ2v) is 3.45. The molecule has 2 heterocycles. The molecule has 0 aliphatic rings. The van der Waals surface area contributed by atoms with Crippen molar-refractivity contribution in [2.75, 3.05) is 7.05 Å². The molecule has 0 saturated heterocycles. The van der Waals surface area contributed by atoms with Gasteiger partial charge in [0.1, 0.15) is 0 Å². The van der Waals surface area contributed by atoms with Crippen molar-refractivity contribution < 1.29 is 0 Å². The molecule has 2 rings (SSSR count). The molecule has 2 aromatic rings. The minimum absolute atomic E-state index is 0.785. The van der Waals surface area contributed by atoms with Crippen LogP contribution in [0, 0.1) is 13.8 Å². The van der Waals surface area contributed by atoms with Crippen molar-refractivity contribution in [1.29, 1.82) is 0 Å². The van der Waals surface area contributed by atoms with Crippen LogP contribution in [0.2, 0.25) is 0 Å². The van der Waals surface area contributed by atoms with Crippen molar-refractivity contribution in [2.24, 2.45) is 0 Å². The highest BCUT2D eigenvalue weighted by molar-refractivity contribution is 5.35. The van der Waals surface area contributed by atoms with E-state index in [4.69, 9.17) is 0 Å². The van der Waals surface area contributed by atoms with E-state index in [2.05, 4.69) is 32.7 Å². The lowest BCUT2D eigenvalue weighted by atomic mass is 10.3. The molecule has 0 aromatic carbocycles. The summed E-state index contributed by atoms with van der Waals surface area (Å²) in [7, 11) is 1.93. The average Bonchev–Trinajstić information content (AvgIpc) is 2.49. The molecule has 0 aliphatic heterocycles. The number of nitrogens with one attached hydrogen (secondary N) is 1. The monoisotopic (exact) mass is 190 g/mol. The van der Waals surface area contributed by atoms with Gasteiger partial charge in [0.15, 0.2) is 0 Å². The first-order valence-corrected chi connectivity index (χ1v) is 4.67. The van der Waals surface area contributed by atoms with Crippen LogP contribution in [0.15, 0.2) is 12.3 Å². The number of aryl methyl sites for hydroxylation is 2. The van der Waals surface area contributed by atoms with Crippen LogP contribution < -0.4 is 5.32 Å². The maximum Gasteiger partial charge on any atom is 0.234 e. The van der Waals surface area contributed by atoms with Gasteiger partial charge in [-0.1, -0.05) is 0 Å². The summed E-state index contributed by atoms with van der Waals surface area (Å²) in [5, 5.41) is 3.12. The Balaban J connectivity index is 2.66. The zero-order chi connectivity index (χ0) is 10.1. The Labute approximate surface area is 83.0 Å². The number of imidazole rings is 1. The van der Waals surface area contributed by atoms with Crippen molar-refractivity contribution in [3.05, 3.63) is 29.3 Å². The fraction of sp³-hybridized carbons (Fsp3) is 0.400. The SMILES string of the molecule is CNCc1cnc2nc(C)cc(C)n12. The van der Waals surface area contributed by atoms with E-state index in [9.17, 15) is 0 Å². The summed E-state index contributed by atoms with van der Waals surface area (Å²) in [6, 6.07) is 2.06. The molecule has 14 heavy (non-hydrogen) atoms. The van der Waals surface area contributed by atoms with Crippen LogP contribution in [0.5, 0.6) is 0 Å². The van der Waals surface area contributed by atoms with Gasteiger partial charge in [-0.3, -0.25) is 4.40 Å². The predicted octanol–water partition coefficient (Wildman–Crippen LogP) is 1.07. The van der Waals surface area contributed by atoms with Gasteiger partial charge in [-0.05, 0) is 27.0 Å². The average molecular weight is 190 g/mol. The standard InChI is InChI=1S/C10H14N4/c1-7-4-8(2)14-9(5-11-3)6-12-10(14)13-7/h4,6,11H,5H2,1-3H3. The second-order valence-electron chi connectivity index (χ2n) is 3.45. The predicted molar refractivity (Wildman–Crippen MR) is 55.2 cm³/mol. The van der Waals surface area contributed by atoms with Crippen LogP contribution in [0.3, 0.4) is 0 Å². The molecular weight excluding hydrogens is 176 g/mol. The molecule has 4 nitrogen and oxygen atoms in total. The first-order chi connectivity index (χ1) is 6.72. The van der Waals surface area contributed by atoms with Crippen molar-refractivity contribution in [1.82, 2.24) is 19.7 Å². The van der Waals surface area contributed by atoms with Gasteiger partial charge in [0.2, 0.25) is 5.78 Å². The molecule has 0 amide bonds. The number of nitrogens with zero attached hydrogens (tertiary/aromatic N) is 3. The van der Waals surface area contributed by atoms with Gasteiger partial charge in [-0.2, -0.15) is 0 Å². The van der Waals surface area contributed by atoms with Gasteiger partial charge in [0, 0.05) is 17.9 Å². The minimum Gasteiger partial charge on any atom is -0.314 e. The molecule has 2 aromatic heterocycles. The van der Waals surface area contributed by atoms with E-state index in [1.807, 2.05) is 20.2 Å². The Morgan fingerprint density at radius 3 is 2.93 bits per heavy atom. The number of aromatic nitrogens is 3. The van der Waals surface area contributed by atoms with Crippen molar-refractivity contribution in [3.8, 4) is 0 Å². The second kappa shape index (κ2) is 3.38. The molecule has 74 valence electrons. The first-order valence-electron chi connectivity index (χ1n) is 4.67. The summed E-state index contributed by atoms with van der Waals surface area (Å²) in [6.45, 7) is 4.87. The maximum absolute atomic E-state index is 4.36. The van der Waals surface area contributed by atoms with E-state index in [0.717, 1.165) is 23.7 Å². The smallest absolute Gasteiger partial charge is 0.234 e. The highest BCUT2D eigenvalue weighted by atomic mass is 15.1. The molecule has 1 N–H and O–H groups in total. The van der Waals surface area contributed by atoms with Gasteiger partial charge in [0.05, 0.1) is 11.9 Å². The van der Waals surface area contributed by atoms with Crippen LogP contribution in [-0.2, 0) is 6.54 Å². The fourth-order valence-corrected chi connectivity index (χ4v) is 1.70. The normalized spacial score (nSPS) is 11.1. The number of hydrogen-bond acceptors (Lipinski definition) is 3. The van der Waals surface area contributed by atoms with Gasteiger partial charge >= 0.3 is 0 Å². The molecule has 0 saturated carbocycles. The minimum atomic E-state index is 0.785. The molecule has 0 atom stereocenters. The highest BCUT2D eigenvalue weighted by Gasteiger charge is 2.05. The van der Waals surface area contributed by atoms with Gasteiger partial charge in [0.25, 0.3) is 0 Å². The molecule has 0 bridgehead atoms. The van der Waals surface area contributed by atoms with Crippen LogP contribution in [0.25, 0.3) is 5.78 Å². The summed E-state index contributed by atoms with van der Waals surface area (Å²) < 4.78 is 2.07. The molecular formula is C10H14N4. The molecule has 0 radical (unpaired) electrons. The molecule has 4 heteroatoms. The van der Waals surface area contributed by atoms with Crippen molar-refractivity contribution in [2.45, 2.75) is 20.4 Å². The third-order valence-corrected chi connectivity index (χ3v) is 2.22. The van der Waals surface area contributed by atoms with E-state index in [1.165, 1.54) is 5.69 Å². The summed E-state index contributed by atoms with van der Waals surface area (Å²) >= 11 is 0. The number of rotatable bonds is 2. The zero-order valence-corrected chi connectivity index (χ0v) is 8.70. The van der Waals surface area contributed by atoms with E-state index < -0.39 is 0 Å². The van der Waals surface area contributed by atoms with Crippen LogP contribution >= 0.6 is 0 Å². The van der Waals surface area contributed by atoms with Crippen LogP contribution in [0.4, 0.5) is 0 Å². The molecule has 0 aliphatic carbocycles. The molecule has 0 unspecified atom stereocenters. The van der Waals surface area contributed by atoms with Crippen LogP contribution in [-0.4, -0.2) is 21.4 Å². The quantitative estimate of drug-likeness (QED) is 0.770. The summed E-state index contributed by atoms with van der Waals surface area (Å²) in [6.07, 6.45) is 1.87. The van der Waals surface area contributed by atoms with E-state index in [-0.39, 0.29) is 0 Å². The number of hydrogen-bond donors (Lipinski definition) is 1. The third kappa shape index (κ3) is 1.37. The highest BCUT2D eigenvalue weighted by Crippen LogP contribution is 2.09. The van der Waals surface area contributed by atoms with E-state index >= 15 is 0 Å². The van der Waals surface area contributed by atoms with Gasteiger partial charge in [-0.25, -0.2) is 9.97 Å². The molecule has 0 fully saturated rings. The van der Waals surface area contributed by atoms with Crippen molar-refractivity contribution >= 4 is 5.78 Å². The Kier molecular flexibility index (Phi) is 2.21. The van der Waals surface area contributed by atoms with E-state index in [1.54, 1.807) is 0 Å². The van der Waals surface area contributed by atoms with Gasteiger partial charge in [-0.15, -0.1) is 0 Å². The van der Waals surface area contributed by atoms with Crippen LogP contribution in [0.1, 0.15) is 17.1 Å². The fourth-order valence-electron chi connectivity index (χ4n) is 1.70. The largest absolute Gasteiger partial charge is 0.314 e. The lowest BCUT2D eigenvalue weighted by molar-refractivity contribution is 0.773. The third-order valence-electron chi connectivity index (χ3n) is 2.22. The van der Waals surface area contributed by atoms with Crippen molar-refractivity contribution in [3.63, 3.8) is 0 Å². The van der Waals surface area contributed by atoms with Gasteiger partial charge < -0.3 is 5.32 Å². The Bertz CT molecular complexity index is 458. The van der Waals surface area contributed by atoms with E-state index in [0.29, 0.717) is 0 Å². The molecule has 0 spiro atoms. The lowest BCUT2D eigenvalue weighted by Gasteiger charge is -2.04. The summed E-state index contributed by atoms with van der Waals surface area (Å²) in [5.41, 5.74) is 3.33. The Morgan fingerprint density at radius 2 is 2.21 bits per heavy atom. The summed E-state index contributed by atoms with van der Waals surface area (Å²) in [4.78, 5) is 8.63. The Hall–Kier alpha value is -1.42. The Morgan fingerprint density at radius 1 is 1.43 bits per heavy atom. The summed E-state index contributed by atoms with van der Waals surface area (Å²) in [5.74, 6) is 0.785. The maximum atomic E-state index is 4.36. The first kappa shape index (κ1) is 9.15. The topological polar surface area (TPSA) is 42.2 Å². The zero-order valence-electron chi connectivity index (χ0n) is 8.70. The number of fused-ring (bicyclic) bond motifs is 1.